The average molecular weight is 366 g/mol. The fourth-order valence-corrected chi connectivity index (χ4v) is 4.05. The van der Waals surface area contributed by atoms with Crippen LogP contribution in [0.15, 0.2) is 29.2 Å². The van der Waals surface area contributed by atoms with Crippen LogP contribution in [0.4, 0.5) is 0 Å². The first-order valence-electron chi connectivity index (χ1n) is 8.57. The standard InChI is InChI=1S/C18H26N2O4S/c1-13(2)17(21)19-9-11-20(12-10-19)18(22)15-7-5-6-8-16(15)25(23,24)14(3)4/h5-8,13-14H,9-12H2,1-4H3. The number of nitrogens with zero attached hydrogens (tertiary/aromatic N) is 2. The Hall–Kier alpha value is -1.89. The summed E-state index contributed by atoms with van der Waals surface area (Å²) in [5.41, 5.74) is 0.208. The summed E-state index contributed by atoms with van der Waals surface area (Å²) < 4.78 is 25.1. The minimum atomic E-state index is -3.54. The Kier molecular flexibility index (Phi) is 5.87. The van der Waals surface area contributed by atoms with Crippen molar-refractivity contribution in [3.05, 3.63) is 29.8 Å². The van der Waals surface area contributed by atoms with Gasteiger partial charge in [0, 0.05) is 32.1 Å². The lowest BCUT2D eigenvalue weighted by Crippen LogP contribution is -2.51. The molecule has 0 unspecified atom stereocenters. The van der Waals surface area contributed by atoms with Crippen molar-refractivity contribution in [2.75, 3.05) is 26.2 Å². The molecule has 0 radical (unpaired) electrons. The van der Waals surface area contributed by atoms with E-state index in [4.69, 9.17) is 0 Å². The van der Waals surface area contributed by atoms with Crippen LogP contribution < -0.4 is 0 Å². The second-order valence-corrected chi connectivity index (χ2v) is 9.33. The molecule has 1 saturated heterocycles. The number of rotatable bonds is 4. The van der Waals surface area contributed by atoms with Crippen molar-refractivity contribution in [2.45, 2.75) is 37.8 Å². The second kappa shape index (κ2) is 7.56. The molecule has 138 valence electrons. The zero-order valence-electron chi connectivity index (χ0n) is 15.2. The second-order valence-electron chi connectivity index (χ2n) is 6.86. The van der Waals surface area contributed by atoms with Crippen molar-refractivity contribution in [2.24, 2.45) is 5.92 Å². The van der Waals surface area contributed by atoms with Crippen molar-refractivity contribution in [1.82, 2.24) is 9.80 Å². The van der Waals surface area contributed by atoms with Crippen LogP contribution in [0.1, 0.15) is 38.1 Å². The van der Waals surface area contributed by atoms with E-state index in [0.29, 0.717) is 26.2 Å². The molecule has 7 heteroatoms. The lowest BCUT2D eigenvalue weighted by Gasteiger charge is -2.35. The monoisotopic (exact) mass is 366 g/mol. The van der Waals surface area contributed by atoms with Gasteiger partial charge in [0.2, 0.25) is 5.91 Å². The molecule has 2 amide bonds. The third kappa shape index (κ3) is 4.03. The lowest BCUT2D eigenvalue weighted by molar-refractivity contribution is -0.135. The molecule has 6 nitrogen and oxygen atoms in total. The van der Waals surface area contributed by atoms with E-state index in [-0.39, 0.29) is 28.2 Å². The van der Waals surface area contributed by atoms with E-state index in [2.05, 4.69) is 0 Å². The maximum atomic E-state index is 12.9. The smallest absolute Gasteiger partial charge is 0.255 e. The van der Waals surface area contributed by atoms with Gasteiger partial charge in [-0.1, -0.05) is 26.0 Å². The number of benzene rings is 1. The van der Waals surface area contributed by atoms with Gasteiger partial charge in [-0.25, -0.2) is 8.42 Å². The van der Waals surface area contributed by atoms with Crippen LogP contribution in [0.3, 0.4) is 0 Å². The van der Waals surface area contributed by atoms with E-state index >= 15 is 0 Å². The topological polar surface area (TPSA) is 74.8 Å². The van der Waals surface area contributed by atoms with Crippen LogP contribution in [0, 0.1) is 5.92 Å². The minimum Gasteiger partial charge on any atom is -0.339 e. The number of carbonyl (C=O) groups excluding carboxylic acids is 2. The van der Waals surface area contributed by atoms with E-state index in [1.165, 1.54) is 6.07 Å². The zero-order chi connectivity index (χ0) is 18.8. The Balaban J connectivity index is 2.20. The van der Waals surface area contributed by atoms with Crippen molar-refractivity contribution < 1.29 is 18.0 Å². The van der Waals surface area contributed by atoms with Crippen LogP contribution in [-0.2, 0) is 14.6 Å². The highest BCUT2D eigenvalue weighted by Gasteiger charge is 2.30. The Morgan fingerprint density at radius 3 is 1.96 bits per heavy atom. The fraction of sp³-hybridized carbons (Fsp3) is 0.556. The van der Waals surface area contributed by atoms with Gasteiger partial charge in [-0.05, 0) is 26.0 Å². The molecule has 0 aliphatic carbocycles. The van der Waals surface area contributed by atoms with E-state index in [0.717, 1.165) is 0 Å². The van der Waals surface area contributed by atoms with E-state index < -0.39 is 15.1 Å². The molecule has 0 bridgehead atoms. The highest BCUT2D eigenvalue weighted by Crippen LogP contribution is 2.22. The maximum Gasteiger partial charge on any atom is 0.255 e. The van der Waals surface area contributed by atoms with E-state index in [1.54, 1.807) is 41.8 Å². The molecule has 1 fully saturated rings. The van der Waals surface area contributed by atoms with E-state index in [9.17, 15) is 18.0 Å². The summed E-state index contributed by atoms with van der Waals surface area (Å²) >= 11 is 0. The maximum absolute atomic E-state index is 12.9. The van der Waals surface area contributed by atoms with Gasteiger partial charge in [-0.3, -0.25) is 9.59 Å². The molecule has 1 aromatic carbocycles. The normalized spacial score (nSPS) is 15.8. The van der Waals surface area contributed by atoms with Gasteiger partial charge in [0.05, 0.1) is 15.7 Å². The summed E-state index contributed by atoms with van der Waals surface area (Å²) in [6.07, 6.45) is 0. The highest BCUT2D eigenvalue weighted by molar-refractivity contribution is 7.92. The number of carbonyl (C=O) groups is 2. The van der Waals surface area contributed by atoms with Gasteiger partial charge in [-0.2, -0.15) is 0 Å². The van der Waals surface area contributed by atoms with E-state index in [1.807, 2.05) is 13.8 Å². The number of sulfone groups is 1. The first-order chi connectivity index (χ1) is 11.7. The summed E-state index contributed by atoms with van der Waals surface area (Å²) in [7, 11) is -3.54. The molecule has 0 N–H and O–H groups in total. The first kappa shape index (κ1) is 19.4. The molecule has 1 aliphatic heterocycles. The Morgan fingerprint density at radius 1 is 0.920 bits per heavy atom. The molecular formula is C18H26N2O4S. The molecule has 0 atom stereocenters. The number of hydrogen-bond donors (Lipinski definition) is 0. The van der Waals surface area contributed by atoms with Gasteiger partial charge >= 0.3 is 0 Å². The van der Waals surface area contributed by atoms with Crippen LogP contribution in [0.5, 0.6) is 0 Å². The summed E-state index contributed by atoms with van der Waals surface area (Å²) in [6.45, 7) is 8.68. The Bertz CT molecular complexity index is 748. The molecule has 25 heavy (non-hydrogen) atoms. The van der Waals surface area contributed by atoms with Gasteiger partial charge in [0.25, 0.3) is 5.91 Å². The predicted octanol–water partition coefficient (Wildman–Crippen LogP) is 1.81. The van der Waals surface area contributed by atoms with Crippen LogP contribution in [0.2, 0.25) is 0 Å². The van der Waals surface area contributed by atoms with Gasteiger partial charge in [0.1, 0.15) is 0 Å². The number of piperazine rings is 1. The summed E-state index contributed by atoms with van der Waals surface area (Å²) in [5.74, 6) is -0.287. The third-order valence-electron chi connectivity index (χ3n) is 4.42. The highest BCUT2D eigenvalue weighted by atomic mass is 32.2. The largest absolute Gasteiger partial charge is 0.339 e. The molecule has 1 aliphatic rings. The quantitative estimate of drug-likeness (QED) is 0.814. The fourth-order valence-electron chi connectivity index (χ4n) is 2.81. The SMILES string of the molecule is CC(C)C(=O)N1CCN(C(=O)c2ccccc2S(=O)(=O)C(C)C)CC1. The van der Waals surface area contributed by atoms with Gasteiger partial charge < -0.3 is 9.80 Å². The van der Waals surface area contributed by atoms with Gasteiger partial charge in [0.15, 0.2) is 9.84 Å². The molecule has 1 aromatic rings. The van der Waals surface area contributed by atoms with Crippen molar-refractivity contribution in [3.8, 4) is 0 Å². The lowest BCUT2D eigenvalue weighted by atomic mass is 10.1. The third-order valence-corrected chi connectivity index (χ3v) is 6.63. The molecule has 0 saturated carbocycles. The number of hydrogen-bond acceptors (Lipinski definition) is 4. The van der Waals surface area contributed by atoms with Crippen molar-refractivity contribution >= 4 is 21.7 Å². The summed E-state index contributed by atoms with van der Waals surface area (Å²) in [4.78, 5) is 28.4. The van der Waals surface area contributed by atoms with Crippen molar-refractivity contribution in [3.63, 3.8) is 0 Å². The molecular weight excluding hydrogens is 340 g/mol. The molecule has 2 rings (SSSR count). The van der Waals surface area contributed by atoms with Crippen LogP contribution >= 0.6 is 0 Å². The average Bonchev–Trinajstić information content (AvgIpc) is 2.60. The first-order valence-corrected chi connectivity index (χ1v) is 10.1. The Morgan fingerprint density at radius 2 is 1.44 bits per heavy atom. The van der Waals surface area contributed by atoms with Crippen LogP contribution in [0.25, 0.3) is 0 Å². The Labute approximate surface area is 149 Å². The summed E-state index contributed by atoms with van der Waals surface area (Å²) in [5, 5.41) is -0.595. The van der Waals surface area contributed by atoms with Crippen LogP contribution in [-0.4, -0.2) is 61.5 Å². The van der Waals surface area contributed by atoms with Crippen molar-refractivity contribution in [1.29, 1.82) is 0 Å². The summed E-state index contributed by atoms with van der Waals surface area (Å²) in [6, 6.07) is 6.35. The number of amides is 2. The zero-order valence-corrected chi connectivity index (χ0v) is 16.0. The molecule has 0 spiro atoms. The molecule has 0 aromatic heterocycles. The minimum absolute atomic E-state index is 0.0702. The predicted molar refractivity (Wildman–Crippen MR) is 96.1 cm³/mol. The van der Waals surface area contributed by atoms with Gasteiger partial charge in [-0.15, -0.1) is 0 Å². The molecule has 1 heterocycles.